The molecule has 0 bridgehead atoms. The van der Waals surface area contributed by atoms with Crippen LogP contribution in [0.1, 0.15) is 10.4 Å². The summed E-state index contributed by atoms with van der Waals surface area (Å²) in [5.74, 6) is 0.171. The molecule has 0 amide bonds. The summed E-state index contributed by atoms with van der Waals surface area (Å²) in [4.78, 5) is 11.6. The summed E-state index contributed by atoms with van der Waals surface area (Å²) in [7, 11) is 0. The van der Waals surface area contributed by atoms with Crippen molar-refractivity contribution >= 4 is 82.8 Å². The lowest BCUT2D eigenvalue weighted by molar-refractivity contribution is 0.101. The molecule has 0 heterocycles. The summed E-state index contributed by atoms with van der Waals surface area (Å²) in [5.41, 5.74) is 0.579. The smallest absolute Gasteiger partial charge is 0.187 e. The molecule has 0 saturated carbocycles. The van der Waals surface area contributed by atoms with Gasteiger partial charge in [0.25, 0.3) is 0 Å². The summed E-state index contributed by atoms with van der Waals surface area (Å²) >= 11 is 10.3. The molecule has 0 aliphatic rings. The van der Waals surface area contributed by atoms with Gasteiger partial charge in [-0.05, 0) is 57.3 Å². The Balaban J connectivity index is 3.19. The lowest BCUT2D eigenvalue weighted by atomic mass is 10.1. The summed E-state index contributed by atoms with van der Waals surface area (Å²) in [6, 6.07) is 3.33. The van der Waals surface area contributed by atoms with Crippen molar-refractivity contribution in [3.05, 3.63) is 24.8 Å². The average molecular weight is 546 g/mol. The molecule has 6 heteroatoms. The molecule has 0 unspecified atom stereocenters. The molecule has 2 nitrogen and oxygen atoms in total. The van der Waals surface area contributed by atoms with E-state index in [1.54, 1.807) is 12.1 Å². The molecule has 76 valence electrons. The number of carbonyl (C=O) groups is 1. The highest BCUT2D eigenvalue weighted by atomic mass is 127. The Morgan fingerprint density at radius 3 is 2.07 bits per heavy atom. The number of hydrogen-bond donors (Lipinski definition) is 1. The normalized spacial score (nSPS) is 10.6. The molecule has 0 aromatic heterocycles. The van der Waals surface area contributed by atoms with Gasteiger partial charge in [0.1, 0.15) is 9.49 Å². The van der Waals surface area contributed by atoms with Gasteiger partial charge in [-0.1, -0.05) is 31.9 Å². The molecule has 1 N–H and O–H groups in total. The monoisotopic (exact) mass is 544 g/mol. The van der Waals surface area contributed by atoms with Crippen molar-refractivity contribution in [2.45, 2.75) is 3.74 Å². The molecule has 0 spiro atoms. The van der Waals surface area contributed by atoms with Crippen molar-refractivity contribution in [2.75, 3.05) is 0 Å². The third-order valence-electron chi connectivity index (χ3n) is 1.50. The molecule has 0 saturated heterocycles. The Bertz CT molecular complexity index is 357. The number of aromatic hydroxyl groups is 1. The fourth-order valence-corrected chi connectivity index (χ4v) is 3.13. The maximum Gasteiger partial charge on any atom is 0.187 e. The second kappa shape index (κ2) is 5.44. The predicted molar refractivity (Wildman–Crippen MR) is 79.5 cm³/mol. The van der Waals surface area contributed by atoms with Crippen LogP contribution in [0, 0.1) is 7.14 Å². The van der Waals surface area contributed by atoms with E-state index in [1.165, 1.54) is 0 Å². The minimum absolute atomic E-state index is 0.0548. The third kappa shape index (κ3) is 3.05. The maximum atomic E-state index is 11.6. The van der Waals surface area contributed by atoms with Crippen LogP contribution in [0.15, 0.2) is 12.1 Å². The SMILES string of the molecule is O=C(c1cc(I)c(O)c(I)c1)C(Br)Br. The van der Waals surface area contributed by atoms with Crippen LogP contribution in [0.3, 0.4) is 0 Å². The number of carbonyl (C=O) groups excluding carboxylic acids is 1. The topological polar surface area (TPSA) is 37.3 Å². The fourth-order valence-electron chi connectivity index (χ4n) is 0.834. The van der Waals surface area contributed by atoms with E-state index in [9.17, 15) is 9.90 Å². The van der Waals surface area contributed by atoms with Crippen molar-refractivity contribution in [3.8, 4) is 5.75 Å². The fraction of sp³-hybridized carbons (Fsp3) is 0.125. The highest BCUT2D eigenvalue weighted by Gasteiger charge is 2.16. The first-order chi connectivity index (χ1) is 6.43. The van der Waals surface area contributed by atoms with Crippen molar-refractivity contribution in [3.63, 3.8) is 0 Å². The van der Waals surface area contributed by atoms with Crippen LogP contribution in [0.5, 0.6) is 5.75 Å². The number of rotatable bonds is 2. The predicted octanol–water partition coefficient (Wildman–Crippen LogP) is 3.90. The molecule has 14 heavy (non-hydrogen) atoms. The largest absolute Gasteiger partial charge is 0.506 e. The molecular formula is C8H4Br2I2O2. The van der Waals surface area contributed by atoms with Gasteiger partial charge in [0, 0.05) is 5.56 Å². The van der Waals surface area contributed by atoms with Crippen molar-refractivity contribution in [1.29, 1.82) is 0 Å². The first-order valence-corrected chi connectivity index (χ1v) is 7.42. The zero-order valence-corrected chi connectivity index (χ0v) is 14.1. The molecule has 0 aliphatic heterocycles. The van der Waals surface area contributed by atoms with Crippen LogP contribution in [0.4, 0.5) is 0 Å². The van der Waals surface area contributed by atoms with E-state index in [0.717, 1.165) is 0 Å². The first-order valence-electron chi connectivity index (χ1n) is 3.44. The quantitative estimate of drug-likeness (QED) is 0.348. The number of phenols is 1. The minimum Gasteiger partial charge on any atom is -0.506 e. The Labute approximate surface area is 125 Å². The first kappa shape index (κ1) is 13.2. The Hall–Kier alpha value is 1.11. The van der Waals surface area contributed by atoms with E-state index < -0.39 is 0 Å². The summed E-state index contributed by atoms with van der Waals surface area (Å²) < 4.78 is 0.975. The number of ketones is 1. The van der Waals surface area contributed by atoms with Crippen LogP contribution < -0.4 is 0 Å². The Morgan fingerprint density at radius 1 is 1.29 bits per heavy atom. The zero-order chi connectivity index (χ0) is 10.9. The van der Waals surface area contributed by atoms with E-state index in [2.05, 4.69) is 31.9 Å². The standard InChI is InChI=1S/C8H4Br2I2O2/c9-8(10)6(13)3-1-4(11)7(14)5(12)2-3/h1-2,8,14H. The van der Waals surface area contributed by atoms with Crippen LogP contribution in [-0.2, 0) is 0 Å². The Morgan fingerprint density at radius 2 is 1.71 bits per heavy atom. The van der Waals surface area contributed by atoms with E-state index in [0.29, 0.717) is 12.7 Å². The van der Waals surface area contributed by atoms with Gasteiger partial charge in [0.2, 0.25) is 0 Å². The second-order valence-corrected chi connectivity index (χ2v) is 7.84. The number of alkyl halides is 2. The van der Waals surface area contributed by atoms with Gasteiger partial charge < -0.3 is 5.11 Å². The van der Waals surface area contributed by atoms with Gasteiger partial charge in [0.05, 0.1) is 7.14 Å². The highest BCUT2D eigenvalue weighted by Crippen LogP contribution is 2.28. The number of hydrogen-bond acceptors (Lipinski definition) is 2. The summed E-state index contributed by atoms with van der Waals surface area (Å²) in [5, 5.41) is 9.50. The van der Waals surface area contributed by atoms with E-state index in [-0.39, 0.29) is 15.3 Å². The highest BCUT2D eigenvalue weighted by molar-refractivity contribution is 14.1. The molecule has 0 fully saturated rings. The number of halogens is 4. The minimum atomic E-state index is -0.383. The lowest BCUT2D eigenvalue weighted by Gasteiger charge is -2.05. The van der Waals surface area contributed by atoms with Gasteiger partial charge in [-0.15, -0.1) is 0 Å². The third-order valence-corrected chi connectivity index (χ3v) is 3.98. The van der Waals surface area contributed by atoms with Crippen LogP contribution >= 0.6 is 77.0 Å². The number of Topliss-reactive ketones (excluding diaryl/α,β-unsaturated/α-hetero) is 1. The lowest BCUT2D eigenvalue weighted by Crippen LogP contribution is -2.07. The van der Waals surface area contributed by atoms with Crippen molar-refractivity contribution in [1.82, 2.24) is 0 Å². The van der Waals surface area contributed by atoms with E-state index in [1.807, 2.05) is 45.2 Å². The summed E-state index contributed by atoms with van der Waals surface area (Å²) in [6.07, 6.45) is 0. The van der Waals surface area contributed by atoms with Crippen molar-refractivity contribution in [2.24, 2.45) is 0 Å². The molecule has 0 radical (unpaired) electrons. The zero-order valence-electron chi connectivity index (χ0n) is 6.60. The van der Waals surface area contributed by atoms with Gasteiger partial charge in [-0.25, -0.2) is 0 Å². The van der Waals surface area contributed by atoms with Gasteiger partial charge in [-0.2, -0.15) is 0 Å². The molecular weight excluding hydrogens is 542 g/mol. The van der Waals surface area contributed by atoms with Gasteiger partial charge >= 0.3 is 0 Å². The van der Waals surface area contributed by atoms with Crippen LogP contribution in [0.2, 0.25) is 0 Å². The van der Waals surface area contributed by atoms with E-state index in [4.69, 9.17) is 0 Å². The van der Waals surface area contributed by atoms with Crippen LogP contribution in [0.25, 0.3) is 0 Å². The molecule has 1 rings (SSSR count). The average Bonchev–Trinajstić information content (AvgIpc) is 2.12. The maximum absolute atomic E-state index is 11.6. The number of phenolic OH excluding ortho intramolecular Hbond substituents is 1. The Kier molecular flexibility index (Phi) is 5.12. The molecule has 1 aromatic rings. The molecule has 1 aromatic carbocycles. The van der Waals surface area contributed by atoms with Crippen LogP contribution in [-0.4, -0.2) is 14.6 Å². The molecule has 0 atom stereocenters. The van der Waals surface area contributed by atoms with Gasteiger partial charge in [-0.3, -0.25) is 4.79 Å². The van der Waals surface area contributed by atoms with Crippen molar-refractivity contribution < 1.29 is 9.90 Å². The van der Waals surface area contributed by atoms with E-state index >= 15 is 0 Å². The number of benzene rings is 1. The summed E-state index contributed by atoms with van der Waals surface area (Å²) in [6.45, 7) is 0. The molecule has 0 aliphatic carbocycles. The van der Waals surface area contributed by atoms with Gasteiger partial charge in [0.15, 0.2) is 5.78 Å². The second-order valence-electron chi connectivity index (χ2n) is 2.45.